The summed E-state index contributed by atoms with van der Waals surface area (Å²) in [6.07, 6.45) is 0.520. The Kier molecular flexibility index (Phi) is 4.57. The molecule has 1 aliphatic rings. The molecule has 4 N–H and O–H groups in total. The van der Waals surface area contributed by atoms with Gasteiger partial charge in [0, 0.05) is 24.5 Å². The Balaban J connectivity index is 2.03. The largest absolute Gasteiger partial charge is 0.372 e. The number of rotatable bonds is 2. The summed E-state index contributed by atoms with van der Waals surface area (Å²) < 4.78 is 5.74. The zero-order valence-electron chi connectivity index (χ0n) is 11.2. The molecule has 1 aliphatic heterocycles. The van der Waals surface area contributed by atoms with Gasteiger partial charge in [0.25, 0.3) is 0 Å². The number of anilines is 2. The van der Waals surface area contributed by atoms with E-state index < -0.39 is 0 Å². The van der Waals surface area contributed by atoms with Gasteiger partial charge in [0.05, 0.1) is 12.2 Å². The summed E-state index contributed by atoms with van der Waals surface area (Å²) in [6, 6.07) is 8.13. The van der Waals surface area contributed by atoms with Crippen LogP contribution in [0.1, 0.15) is 13.8 Å². The predicted octanol–water partition coefficient (Wildman–Crippen LogP) is 1.46. The molecule has 0 bridgehead atoms. The Bertz CT molecular complexity index is 427. The maximum atomic E-state index is 5.74. The number of nitrogens with two attached hydrogens (primary N) is 1. The fourth-order valence-corrected chi connectivity index (χ4v) is 2.43. The SMILES string of the molecule is C[C@@H]1CN(c2ccc(NC(=S)NN)cc2)C[C@H](C)O1. The van der Waals surface area contributed by atoms with Gasteiger partial charge < -0.3 is 20.4 Å². The van der Waals surface area contributed by atoms with Crippen molar-refractivity contribution < 1.29 is 4.74 Å². The van der Waals surface area contributed by atoms with Crippen LogP contribution < -0.4 is 21.5 Å². The number of benzene rings is 1. The van der Waals surface area contributed by atoms with Crippen LogP contribution in [-0.2, 0) is 4.74 Å². The summed E-state index contributed by atoms with van der Waals surface area (Å²) in [5.74, 6) is 5.22. The zero-order chi connectivity index (χ0) is 13.8. The van der Waals surface area contributed by atoms with Gasteiger partial charge in [-0.2, -0.15) is 0 Å². The highest BCUT2D eigenvalue weighted by molar-refractivity contribution is 7.80. The van der Waals surface area contributed by atoms with Crippen LogP contribution in [0, 0.1) is 0 Å². The number of hydrogen-bond donors (Lipinski definition) is 3. The van der Waals surface area contributed by atoms with E-state index in [9.17, 15) is 0 Å². The Labute approximate surface area is 119 Å². The van der Waals surface area contributed by atoms with E-state index in [1.165, 1.54) is 5.69 Å². The van der Waals surface area contributed by atoms with Gasteiger partial charge >= 0.3 is 0 Å². The van der Waals surface area contributed by atoms with Crippen LogP contribution in [0.15, 0.2) is 24.3 Å². The van der Waals surface area contributed by atoms with Crippen LogP contribution in [0.25, 0.3) is 0 Å². The lowest BCUT2D eigenvalue weighted by Crippen LogP contribution is -2.45. The first-order valence-electron chi connectivity index (χ1n) is 6.36. The van der Waals surface area contributed by atoms with E-state index in [0.29, 0.717) is 5.11 Å². The van der Waals surface area contributed by atoms with Gasteiger partial charge in [0.2, 0.25) is 0 Å². The van der Waals surface area contributed by atoms with Gasteiger partial charge in [0.1, 0.15) is 0 Å². The lowest BCUT2D eigenvalue weighted by Gasteiger charge is -2.36. The van der Waals surface area contributed by atoms with E-state index in [1.807, 2.05) is 12.1 Å². The quantitative estimate of drug-likeness (QED) is 0.433. The van der Waals surface area contributed by atoms with Gasteiger partial charge in [-0.3, -0.25) is 0 Å². The first-order valence-corrected chi connectivity index (χ1v) is 6.77. The number of thiocarbonyl (C=S) groups is 1. The van der Waals surface area contributed by atoms with Crippen LogP contribution >= 0.6 is 12.2 Å². The number of ether oxygens (including phenoxy) is 1. The van der Waals surface area contributed by atoms with Crippen molar-refractivity contribution in [3.63, 3.8) is 0 Å². The molecule has 1 aromatic carbocycles. The molecule has 1 aromatic rings. The van der Waals surface area contributed by atoms with Crippen LogP contribution in [0.4, 0.5) is 11.4 Å². The number of hydrazine groups is 1. The van der Waals surface area contributed by atoms with Crippen molar-refractivity contribution in [1.29, 1.82) is 0 Å². The maximum Gasteiger partial charge on any atom is 0.185 e. The van der Waals surface area contributed by atoms with Crippen molar-refractivity contribution >= 4 is 28.7 Å². The minimum absolute atomic E-state index is 0.260. The zero-order valence-corrected chi connectivity index (χ0v) is 12.0. The highest BCUT2D eigenvalue weighted by Crippen LogP contribution is 2.22. The van der Waals surface area contributed by atoms with E-state index in [2.05, 4.69) is 41.6 Å². The van der Waals surface area contributed by atoms with Crippen LogP contribution in [0.3, 0.4) is 0 Å². The summed E-state index contributed by atoms with van der Waals surface area (Å²) in [4.78, 5) is 2.34. The molecule has 0 spiro atoms. The molecule has 0 unspecified atom stereocenters. The first-order chi connectivity index (χ1) is 9.08. The van der Waals surface area contributed by atoms with Crippen LogP contribution in [0.2, 0.25) is 0 Å². The first kappa shape index (κ1) is 14.0. The van der Waals surface area contributed by atoms with E-state index >= 15 is 0 Å². The van der Waals surface area contributed by atoms with E-state index in [0.717, 1.165) is 18.8 Å². The highest BCUT2D eigenvalue weighted by Gasteiger charge is 2.22. The summed E-state index contributed by atoms with van der Waals surface area (Å²) >= 11 is 4.95. The second-order valence-electron chi connectivity index (χ2n) is 4.81. The smallest absolute Gasteiger partial charge is 0.185 e. The molecule has 6 heteroatoms. The van der Waals surface area contributed by atoms with Crippen molar-refractivity contribution in [2.75, 3.05) is 23.3 Å². The molecule has 0 amide bonds. The number of hydrogen-bond acceptors (Lipinski definition) is 4. The molecule has 1 fully saturated rings. The molecule has 19 heavy (non-hydrogen) atoms. The topological polar surface area (TPSA) is 62.5 Å². The second kappa shape index (κ2) is 6.18. The Morgan fingerprint density at radius 3 is 2.37 bits per heavy atom. The van der Waals surface area contributed by atoms with E-state index in [1.54, 1.807) is 0 Å². The Morgan fingerprint density at radius 2 is 1.84 bits per heavy atom. The van der Waals surface area contributed by atoms with E-state index in [4.69, 9.17) is 22.8 Å². The van der Waals surface area contributed by atoms with Gasteiger partial charge in [-0.15, -0.1) is 0 Å². The molecular formula is C13H20N4OS. The minimum Gasteiger partial charge on any atom is -0.372 e. The van der Waals surface area contributed by atoms with Crippen molar-refractivity contribution in [1.82, 2.24) is 5.43 Å². The standard InChI is InChI=1S/C13H20N4OS/c1-9-7-17(8-10(2)18-9)12-5-3-11(4-6-12)15-13(19)16-14/h3-6,9-10H,7-8,14H2,1-2H3,(H2,15,16,19)/t9-,10+. The van der Waals surface area contributed by atoms with Crippen molar-refractivity contribution in [3.05, 3.63) is 24.3 Å². The van der Waals surface area contributed by atoms with Crippen molar-refractivity contribution in [3.8, 4) is 0 Å². The summed E-state index contributed by atoms with van der Waals surface area (Å²) in [5, 5.41) is 3.40. The lowest BCUT2D eigenvalue weighted by atomic mass is 10.2. The molecule has 1 saturated heterocycles. The highest BCUT2D eigenvalue weighted by atomic mass is 32.1. The molecule has 104 valence electrons. The molecule has 0 saturated carbocycles. The predicted molar refractivity (Wildman–Crippen MR) is 82.2 cm³/mol. The third-order valence-electron chi connectivity index (χ3n) is 3.04. The molecule has 5 nitrogen and oxygen atoms in total. The van der Waals surface area contributed by atoms with Gasteiger partial charge in [-0.25, -0.2) is 5.84 Å². The maximum absolute atomic E-state index is 5.74. The summed E-state index contributed by atoms with van der Waals surface area (Å²) in [7, 11) is 0. The monoisotopic (exact) mass is 280 g/mol. The molecule has 2 rings (SSSR count). The van der Waals surface area contributed by atoms with E-state index in [-0.39, 0.29) is 12.2 Å². The summed E-state index contributed by atoms with van der Waals surface area (Å²) in [5.41, 5.74) is 4.51. The lowest BCUT2D eigenvalue weighted by molar-refractivity contribution is -0.00521. The normalized spacial score (nSPS) is 23.0. The number of nitrogens with zero attached hydrogens (tertiary/aromatic N) is 1. The average Bonchev–Trinajstić information content (AvgIpc) is 2.38. The third-order valence-corrected chi connectivity index (χ3v) is 3.26. The van der Waals surface area contributed by atoms with Crippen LogP contribution in [0.5, 0.6) is 0 Å². The van der Waals surface area contributed by atoms with Gasteiger partial charge in [-0.1, -0.05) is 0 Å². The fraction of sp³-hybridized carbons (Fsp3) is 0.462. The van der Waals surface area contributed by atoms with Gasteiger partial charge in [0.15, 0.2) is 5.11 Å². The molecular weight excluding hydrogens is 260 g/mol. The van der Waals surface area contributed by atoms with Gasteiger partial charge in [-0.05, 0) is 50.3 Å². The fourth-order valence-electron chi connectivity index (χ4n) is 2.31. The molecule has 1 heterocycles. The molecule has 0 radical (unpaired) electrons. The second-order valence-corrected chi connectivity index (χ2v) is 5.22. The summed E-state index contributed by atoms with van der Waals surface area (Å²) in [6.45, 7) is 6.04. The van der Waals surface area contributed by atoms with Crippen LogP contribution in [-0.4, -0.2) is 30.4 Å². The molecule has 2 atom stereocenters. The number of morpholine rings is 1. The Morgan fingerprint density at radius 1 is 1.26 bits per heavy atom. The average molecular weight is 280 g/mol. The minimum atomic E-state index is 0.260. The van der Waals surface area contributed by atoms with Crippen molar-refractivity contribution in [2.24, 2.45) is 5.84 Å². The third kappa shape index (κ3) is 3.79. The van der Waals surface area contributed by atoms with Crippen molar-refractivity contribution in [2.45, 2.75) is 26.1 Å². The Hall–Kier alpha value is -1.37. The molecule has 0 aromatic heterocycles. The molecule has 0 aliphatic carbocycles. The number of nitrogens with one attached hydrogen (secondary N) is 2.